The van der Waals surface area contributed by atoms with Gasteiger partial charge in [-0.1, -0.05) is 12.8 Å². The number of nitrogens with one attached hydrogen (secondary N) is 2. The van der Waals surface area contributed by atoms with E-state index in [1.807, 2.05) is 19.4 Å². The van der Waals surface area contributed by atoms with Crippen molar-refractivity contribution in [2.45, 2.75) is 32.1 Å². The van der Waals surface area contributed by atoms with Crippen LogP contribution in [0.2, 0.25) is 0 Å². The summed E-state index contributed by atoms with van der Waals surface area (Å²) in [6.45, 7) is 2.57. The average molecular weight is 313 g/mol. The molecule has 0 unspecified atom stereocenters. The third-order valence-electron chi connectivity index (χ3n) is 4.95. The standard InChI is InChI=1S/C15H24N4O.ClH/c1-19-10-12(8-18-19)5-7-17-14(20)15-6-3-2-4-13(15)9-16-11-15;/h8,10,13,16H,2-7,9,11H2,1H3,(H,17,20);1H/t13-,15+;/m0./s1. The molecule has 2 heterocycles. The minimum absolute atomic E-state index is 0. The fraction of sp³-hybridized carbons (Fsp3) is 0.733. The zero-order chi connectivity index (χ0) is 14.0. The van der Waals surface area contributed by atoms with Crippen LogP contribution < -0.4 is 10.6 Å². The molecule has 0 spiro atoms. The van der Waals surface area contributed by atoms with Gasteiger partial charge in [0.1, 0.15) is 0 Å². The lowest BCUT2D eigenvalue weighted by molar-refractivity contribution is -0.133. The first-order valence-corrected chi connectivity index (χ1v) is 7.67. The highest BCUT2D eigenvalue weighted by molar-refractivity contribution is 5.85. The van der Waals surface area contributed by atoms with Crippen LogP contribution in [0.15, 0.2) is 12.4 Å². The molecule has 2 aliphatic rings. The molecular formula is C15H25ClN4O. The summed E-state index contributed by atoms with van der Waals surface area (Å²) in [6, 6.07) is 0. The Morgan fingerprint density at radius 1 is 1.57 bits per heavy atom. The quantitative estimate of drug-likeness (QED) is 0.880. The Hall–Kier alpha value is -1.07. The summed E-state index contributed by atoms with van der Waals surface area (Å²) in [7, 11) is 1.91. The van der Waals surface area contributed by atoms with E-state index in [0.29, 0.717) is 12.5 Å². The van der Waals surface area contributed by atoms with Gasteiger partial charge >= 0.3 is 0 Å². The third kappa shape index (κ3) is 3.24. The van der Waals surface area contributed by atoms with Crippen molar-refractivity contribution in [3.05, 3.63) is 18.0 Å². The molecule has 1 aromatic rings. The van der Waals surface area contributed by atoms with Crippen molar-refractivity contribution in [2.75, 3.05) is 19.6 Å². The molecule has 1 aliphatic carbocycles. The van der Waals surface area contributed by atoms with Crippen LogP contribution in [0.4, 0.5) is 0 Å². The highest BCUT2D eigenvalue weighted by Crippen LogP contribution is 2.43. The minimum atomic E-state index is -0.132. The molecule has 21 heavy (non-hydrogen) atoms. The average Bonchev–Trinajstić information content (AvgIpc) is 3.05. The molecule has 0 aromatic carbocycles. The molecule has 1 saturated carbocycles. The fourth-order valence-corrected chi connectivity index (χ4v) is 3.79. The van der Waals surface area contributed by atoms with Crippen molar-refractivity contribution in [2.24, 2.45) is 18.4 Å². The van der Waals surface area contributed by atoms with Gasteiger partial charge in [0, 0.05) is 26.3 Å². The van der Waals surface area contributed by atoms with E-state index in [9.17, 15) is 4.79 Å². The number of nitrogens with zero attached hydrogens (tertiary/aromatic N) is 2. The van der Waals surface area contributed by atoms with E-state index in [4.69, 9.17) is 0 Å². The lowest BCUT2D eigenvalue weighted by atomic mass is 9.67. The van der Waals surface area contributed by atoms with Crippen molar-refractivity contribution >= 4 is 18.3 Å². The van der Waals surface area contributed by atoms with Gasteiger partial charge in [0.2, 0.25) is 5.91 Å². The zero-order valence-corrected chi connectivity index (χ0v) is 13.4. The van der Waals surface area contributed by atoms with Gasteiger partial charge in [-0.3, -0.25) is 9.48 Å². The summed E-state index contributed by atoms with van der Waals surface area (Å²) in [5.74, 6) is 0.797. The predicted octanol–water partition coefficient (Wildman–Crippen LogP) is 1.28. The third-order valence-corrected chi connectivity index (χ3v) is 4.95. The molecule has 0 bridgehead atoms. The van der Waals surface area contributed by atoms with Crippen molar-refractivity contribution in [3.63, 3.8) is 0 Å². The van der Waals surface area contributed by atoms with Gasteiger partial charge in [-0.2, -0.15) is 5.10 Å². The van der Waals surface area contributed by atoms with Crippen molar-refractivity contribution in [1.29, 1.82) is 0 Å². The molecule has 6 heteroatoms. The number of hydrogen-bond donors (Lipinski definition) is 2. The Morgan fingerprint density at radius 3 is 3.19 bits per heavy atom. The Labute approximate surface area is 132 Å². The Balaban J connectivity index is 0.00000161. The van der Waals surface area contributed by atoms with E-state index >= 15 is 0 Å². The molecule has 1 amide bonds. The molecule has 2 N–H and O–H groups in total. The second-order valence-corrected chi connectivity index (χ2v) is 6.26. The zero-order valence-electron chi connectivity index (χ0n) is 12.6. The molecule has 5 nitrogen and oxygen atoms in total. The summed E-state index contributed by atoms with van der Waals surface area (Å²) >= 11 is 0. The molecule has 0 radical (unpaired) electrons. The van der Waals surface area contributed by atoms with Crippen molar-refractivity contribution in [3.8, 4) is 0 Å². The first-order valence-electron chi connectivity index (χ1n) is 7.67. The number of hydrogen-bond acceptors (Lipinski definition) is 3. The lowest BCUT2D eigenvalue weighted by Gasteiger charge is -2.37. The van der Waals surface area contributed by atoms with Crippen LogP contribution in [0.5, 0.6) is 0 Å². The summed E-state index contributed by atoms with van der Waals surface area (Å²) in [5.41, 5.74) is 1.04. The van der Waals surface area contributed by atoms with Crippen LogP contribution in [0.1, 0.15) is 31.2 Å². The molecule has 2 atom stereocenters. The van der Waals surface area contributed by atoms with E-state index in [0.717, 1.165) is 25.9 Å². The normalized spacial score (nSPS) is 27.8. The van der Waals surface area contributed by atoms with Gasteiger partial charge in [-0.05, 0) is 37.3 Å². The Morgan fingerprint density at radius 2 is 2.43 bits per heavy atom. The second-order valence-electron chi connectivity index (χ2n) is 6.26. The maximum Gasteiger partial charge on any atom is 0.227 e. The SMILES string of the molecule is Cl.Cn1cc(CCNC(=O)[C@@]23CCCC[C@H]2CNC3)cn1. The number of aromatic nitrogens is 2. The van der Waals surface area contributed by atoms with Gasteiger partial charge in [-0.15, -0.1) is 12.4 Å². The van der Waals surface area contributed by atoms with E-state index in [-0.39, 0.29) is 23.7 Å². The molecular weight excluding hydrogens is 288 g/mol. The number of halogens is 1. The molecule has 1 aromatic heterocycles. The van der Waals surface area contributed by atoms with Gasteiger partial charge in [0.15, 0.2) is 0 Å². The number of carbonyl (C=O) groups is 1. The first kappa shape index (κ1) is 16.3. The Bertz CT molecular complexity index is 490. The number of fused-ring (bicyclic) bond motifs is 1. The first-order chi connectivity index (χ1) is 9.71. The summed E-state index contributed by atoms with van der Waals surface area (Å²) < 4.78 is 1.80. The predicted molar refractivity (Wildman–Crippen MR) is 84.4 cm³/mol. The van der Waals surface area contributed by atoms with Gasteiger partial charge in [0.25, 0.3) is 0 Å². The van der Waals surface area contributed by atoms with Crippen molar-refractivity contribution < 1.29 is 4.79 Å². The molecule has 1 aliphatic heterocycles. The minimum Gasteiger partial charge on any atom is -0.355 e. The molecule has 1 saturated heterocycles. The highest BCUT2D eigenvalue weighted by Gasteiger charge is 2.49. The fourth-order valence-electron chi connectivity index (χ4n) is 3.79. The monoisotopic (exact) mass is 312 g/mol. The van der Waals surface area contributed by atoms with Gasteiger partial charge < -0.3 is 10.6 Å². The van der Waals surface area contributed by atoms with E-state index in [1.54, 1.807) is 4.68 Å². The molecule has 3 rings (SSSR count). The smallest absolute Gasteiger partial charge is 0.227 e. The van der Waals surface area contributed by atoms with Crippen LogP contribution in [-0.2, 0) is 18.3 Å². The summed E-state index contributed by atoms with van der Waals surface area (Å²) in [6.07, 6.45) is 9.43. The highest BCUT2D eigenvalue weighted by atomic mass is 35.5. The van der Waals surface area contributed by atoms with Gasteiger partial charge in [-0.25, -0.2) is 0 Å². The lowest BCUT2D eigenvalue weighted by Crippen LogP contribution is -2.48. The van der Waals surface area contributed by atoms with E-state index in [2.05, 4.69) is 15.7 Å². The largest absolute Gasteiger partial charge is 0.355 e. The number of rotatable bonds is 4. The van der Waals surface area contributed by atoms with Gasteiger partial charge in [0.05, 0.1) is 11.6 Å². The van der Waals surface area contributed by atoms with Crippen LogP contribution in [-0.4, -0.2) is 35.3 Å². The number of carbonyl (C=O) groups excluding carboxylic acids is 1. The second kappa shape index (κ2) is 6.79. The number of amides is 1. The maximum atomic E-state index is 12.6. The maximum absolute atomic E-state index is 12.6. The topological polar surface area (TPSA) is 59.0 Å². The molecule has 118 valence electrons. The summed E-state index contributed by atoms with van der Waals surface area (Å²) in [5, 5.41) is 10.7. The van der Waals surface area contributed by atoms with E-state index < -0.39 is 0 Å². The van der Waals surface area contributed by atoms with E-state index in [1.165, 1.54) is 24.8 Å². The van der Waals surface area contributed by atoms with Crippen LogP contribution in [0.25, 0.3) is 0 Å². The van der Waals surface area contributed by atoms with Crippen molar-refractivity contribution in [1.82, 2.24) is 20.4 Å². The Kier molecular flexibility index (Phi) is 5.27. The van der Waals surface area contributed by atoms with Crippen LogP contribution >= 0.6 is 12.4 Å². The van der Waals surface area contributed by atoms with Crippen LogP contribution in [0.3, 0.4) is 0 Å². The van der Waals surface area contributed by atoms with Crippen LogP contribution in [0, 0.1) is 11.3 Å². The summed E-state index contributed by atoms with van der Waals surface area (Å²) in [4.78, 5) is 12.6. The number of aryl methyl sites for hydroxylation is 1. The molecule has 2 fully saturated rings.